The Morgan fingerprint density at radius 2 is 1.82 bits per heavy atom. The number of imidazole rings is 1. The first-order chi connectivity index (χ1) is 10.4. The SMILES string of the molecule is Nc1ccc(C(=O)c2cnc3cc(C(F)(F)F)ccn23)cc1. The Kier molecular flexibility index (Phi) is 3.13. The molecule has 0 amide bonds. The smallest absolute Gasteiger partial charge is 0.399 e. The number of pyridine rings is 1. The normalized spacial score (nSPS) is 11.8. The molecule has 0 unspecified atom stereocenters. The van der Waals surface area contributed by atoms with Crippen LogP contribution in [0.15, 0.2) is 48.8 Å². The van der Waals surface area contributed by atoms with E-state index in [1.54, 1.807) is 24.3 Å². The second-order valence-electron chi connectivity index (χ2n) is 4.74. The van der Waals surface area contributed by atoms with E-state index in [9.17, 15) is 18.0 Å². The lowest BCUT2D eigenvalue weighted by Gasteiger charge is -2.07. The average molecular weight is 305 g/mol. The second-order valence-corrected chi connectivity index (χ2v) is 4.74. The van der Waals surface area contributed by atoms with Gasteiger partial charge in [0.2, 0.25) is 5.78 Å². The van der Waals surface area contributed by atoms with Crippen molar-refractivity contribution in [3.63, 3.8) is 0 Å². The number of fused-ring (bicyclic) bond motifs is 1. The largest absolute Gasteiger partial charge is 0.416 e. The molecule has 2 aromatic heterocycles. The highest BCUT2D eigenvalue weighted by molar-refractivity contribution is 6.08. The van der Waals surface area contributed by atoms with Crippen molar-refractivity contribution in [2.24, 2.45) is 0 Å². The minimum absolute atomic E-state index is 0.0635. The van der Waals surface area contributed by atoms with E-state index in [0.29, 0.717) is 11.3 Å². The number of anilines is 1. The number of ketones is 1. The van der Waals surface area contributed by atoms with Gasteiger partial charge in [-0.3, -0.25) is 9.20 Å². The van der Waals surface area contributed by atoms with Gasteiger partial charge in [0.15, 0.2) is 0 Å². The molecule has 4 nitrogen and oxygen atoms in total. The topological polar surface area (TPSA) is 60.4 Å². The molecule has 0 fully saturated rings. The Balaban J connectivity index is 2.05. The van der Waals surface area contributed by atoms with Gasteiger partial charge in [0.1, 0.15) is 11.3 Å². The lowest BCUT2D eigenvalue weighted by atomic mass is 10.1. The molecule has 2 heterocycles. The van der Waals surface area contributed by atoms with Crippen LogP contribution in [0.5, 0.6) is 0 Å². The van der Waals surface area contributed by atoms with Crippen molar-refractivity contribution < 1.29 is 18.0 Å². The van der Waals surface area contributed by atoms with Crippen LogP contribution in [0.2, 0.25) is 0 Å². The lowest BCUT2D eigenvalue weighted by Crippen LogP contribution is -2.08. The van der Waals surface area contributed by atoms with Crippen molar-refractivity contribution in [1.29, 1.82) is 0 Å². The molecule has 0 saturated heterocycles. The summed E-state index contributed by atoms with van der Waals surface area (Å²) in [5, 5.41) is 0. The van der Waals surface area contributed by atoms with E-state index >= 15 is 0 Å². The number of nitrogens with two attached hydrogens (primary N) is 1. The van der Waals surface area contributed by atoms with E-state index in [1.165, 1.54) is 16.8 Å². The molecule has 3 aromatic rings. The van der Waals surface area contributed by atoms with Crippen LogP contribution in [0, 0.1) is 0 Å². The summed E-state index contributed by atoms with van der Waals surface area (Å²) in [6.45, 7) is 0. The number of alkyl halides is 3. The Bertz CT molecular complexity index is 851. The summed E-state index contributed by atoms with van der Waals surface area (Å²) in [5.41, 5.74) is 5.90. The quantitative estimate of drug-likeness (QED) is 0.584. The van der Waals surface area contributed by atoms with E-state index < -0.39 is 11.7 Å². The van der Waals surface area contributed by atoms with Crippen molar-refractivity contribution >= 4 is 17.1 Å². The monoisotopic (exact) mass is 305 g/mol. The van der Waals surface area contributed by atoms with Crippen LogP contribution in [-0.2, 0) is 6.18 Å². The number of nitrogen functional groups attached to an aromatic ring is 1. The molecule has 0 saturated carbocycles. The highest BCUT2D eigenvalue weighted by Gasteiger charge is 2.31. The first-order valence-corrected chi connectivity index (χ1v) is 6.31. The fourth-order valence-electron chi connectivity index (χ4n) is 2.11. The molecule has 22 heavy (non-hydrogen) atoms. The predicted molar refractivity (Wildman–Crippen MR) is 74.5 cm³/mol. The van der Waals surface area contributed by atoms with Gasteiger partial charge in [-0.2, -0.15) is 13.2 Å². The number of carbonyl (C=O) groups excluding carboxylic acids is 1. The lowest BCUT2D eigenvalue weighted by molar-refractivity contribution is -0.137. The van der Waals surface area contributed by atoms with E-state index in [4.69, 9.17) is 5.73 Å². The van der Waals surface area contributed by atoms with Crippen molar-refractivity contribution in [2.45, 2.75) is 6.18 Å². The molecule has 0 spiro atoms. The number of hydrogen-bond donors (Lipinski definition) is 1. The van der Waals surface area contributed by atoms with Gasteiger partial charge in [-0.05, 0) is 36.4 Å². The van der Waals surface area contributed by atoms with Crippen LogP contribution < -0.4 is 5.73 Å². The van der Waals surface area contributed by atoms with E-state index in [1.807, 2.05) is 0 Å². The zero-order valence-corrected chi connectivity index (χ0v) is 11.1. The molecular weight excluding hydrogens is 295 g/mol. The van der Waals surface area contributed by atoms with Gasteiger partial charge in [0, 0.05) is 17.4 Å². The maximum Gasteiger partial charge on any atom is 0.416 e. The molecule has 3 rings (SSSR count). The summed E-state index contributed by atoms with van der Waals surface area (Å²) in [6, 6.07) is 8.09. The number of benzene rings is 1. The standard InChI is InChI=1S/C15H10F3N3O/c16-15(17,18)10-5-6-21-12(8-20-13(21)7-10)14(22)9-1-3-11(19)4-2-9/h1-8H,19H2. The van der Waals surface area contributed by atoms with Gasteiger partial charge in [-0.1, -0.05) is 0 Å². The van der Waals surface area contributed by atoms with E-state index in [2.05, 4.69) is 4.98 Å². The maximum atomic E-state index is 12.7. The Morgan fingerprint density at radius 1 is 1.14 bits per heavy atom. The summed E-state index contributed by atoms with van der Waals surface area (Å²) < 4.78 is 39.3. The molecule has 0 atom stereocenters. The average Bonchev–Trinajstić information content (AvgIpc) is 2.89. The van der Waals surface area contributed by atoms with Crippen LogP contribution in [0.3, 0.4) is 0 Å². The third kappa shape index (κ3) is 2.41. The molecule has 112 valence electrons. The van der Waals surface area contributed by atoms with Crippen LogP contribution in [0.1, 0.15) is 21.6 Å². The Hall–Kier alpha value is -2.83. The Morgan fingerprint density at radius 3 is 2.45 bits per heavy atom. The van der Waals surface area contributed by atoms with Crippen LogP contribution in [0.4, 0.5) is 18.9 Å². The van der Waals surface area contributed by atoms with Gasteiger partial charge < -0.3 is 5.73 Å². The fourth-order valence-corrected chi connectivity index (χ4v) is 2.11. The van der Waals surface area contributed by atoms with E-state index in [0.717, 1.165) is 12.1 Å². The highest BCUT2D eigenvalue weighted by Crippen LogP contribution is 2.30. The summed E-state index contributed by atoms with van der Waals surface area (Å²) in [7, 11) is 0. The van der Waals surface area contributed by atoms with Crippen molar-refractivity contribution in [3.05, 3.63) is 65.6 Å². The maximum absolute atomic E-state index is 12.7. The van der Waals surface area contributed by atoms with Crippen molar-refractivity contribution in [3.8, 4) is 0 Å². The molecule has 0 radical (unpaired) electrons. The molecule has 1 aromatic carbocycles. The molecule has 0 aliphatic heterocycles. The van der Waals surface area contributed by atoms with Crippen molar-refractivity contribution in [2.75, 3.05) is 5.73 Å². The molecule has 2 N–H and O–H groups in total. The van der Waals surface area contributed by atoms with Crippen LogP contribution in [0.25, 0.3) is 5.65 Å². The summed E-state index contributed by atoms with van der Waals surface area (Å²) in [4.78, 5) is 16.3. The minimum Gasteiger partial charge on any atom is -0.399 e. The van der Waals surface area contributed by atoms with Gasteiger partial charge in [0.05, 0.1) is 11.8 Å². The fraction of sp³-hybridized carbons (Fsp3) is 0.0667. The highest BCUT2D eigenvalue weighted by atomic mass is 19.4. The predicted octanol–water partition coefficient (Wildman–Crippen LogP) is 3.17. The molecule has 0 aliphatic rings. The summed E-state index contributed by atoms with van der Waals surface area (Å²) in [5.74, 6) is -0.341. The van der Waals surface area contributed by atoms with Crippen LogP contribution >= 0.6 is 0 Å². The molecule has 0 aliphatic carbocycles. The number of nitrogens with zero attached hydrogens (tertiary/aromatic N) is 2. The number of aromatic nitrogens is 2. The zero-order valence-electron chi connectivity index (χ0n) is 11.1. The van der Waals surface area contributed by atoms with E-state index in [-0.39, 0.29) is 17.1 Å². The number of carbonyl (C=O) groups is 1. The zero-order chi connectivity index (χ0) is 15.9. The molecule has 0 bridgehead atoms. The van der Waals surface area contributed by atoms with Crippen molar-refractivity contribution in [1.82, 2.24) is 9.38 Å². The third-order valence-electron chi connectivity index (χ3n) is 3.25. The van der Waals surface area contributed by atoms with Gasteiger partial charge in [0.25, 0.3) is 0 Å². The number of halogens is 3. The summed E-state index contributed by atoms with van der Waals surface area (Å²) >= 11 is 0. The second kappa shape index (κ2) is 4.87. The first-order valence-electron chi connectivity index (χ1n) is 6.31. The summed E-state index contributed by atoms with van der Waals surface area (Å²) in [6.07, 6.45) is -2.00. The Labute approximate surface area is 123 Å². The minimum atomic E-state index is -4.45. The first kappa shape index (κ1) is 14.1. The van der Waals surface area contributed by atoms with Crippen LogP contribution in [-0.4, -0.2) is 15.2 Å². The number of rotatable bonds is 2. The van der Waals surface area contributed by atoms with Gasteiger partial charge in [-0.25, -0.2) is 4.98 Å². The van der Waals surface area contributed by atoms with Gasteiger partial charge >= 0.3 is 6.18 Å². The molecule has 7 heteroatoms. The third-order valence-corrected chi connectivity index (χ3v) is 3.25. The molecular formula is C15H10F3N3O. The van der Waals surface area contributed by atoms with Gasteiger partial charge in [-0.15, -0.1) is 0 Å². The number of hydrogen-bond acceptors (Lipinski definition) is 3.